The maximum absolute atomic E-state index is 6.45. The molecule has 4 rings (SSSR count). The number of aromatic nitrogens is 5. The molecule has 1 saturated carbocycles. The molecule has 0 aromatic carbocycles. The van der Waals surface area contributed by atoms with E-state index < -0.39 is 0 Å². The van der Waals surface area contributed by atoms with Crippen molar-refractivity contribution in [1.82, 2.24) is 24.9 Å². The van der Waals surface area contributed by atoms with E-state index in [0.717, 1.165) is 48.5 Å². The lowest BCUT2D eigenvalue weighted by atomic mass is 9.74. The molecule has 3 heterocycles. The standard InChI is InChI=1S/C19H24N6O.ClH/c1-12-10-13(2)25(23-12)16-8-7-14(11-21-16)17-22-18(26-24-17)15-6-4-5-9-19(15,3)20;/h7-8,10-11,15H,4-6,9,20H2,1-3H3;1H. The molecular formula is C19H25ClN6O. The molecule has 7 nitrogen and oxygen atoms in total. The molecule has 2 atom stereocenters. The number of hydrogen-bond acceptors (Lipinski definition) is 6. The van der Waals surface area contributed by atoms with Crippen LogP contribution in [0.15, 0.2) is 28.9 Å². The van der Waals surface area contributed by atoms with Crippen molar-refractivity contribution < 1.29 is 4.52 Å². The summed E-state index contributed by atoms with van der Waals surface area (Å²) >= 11 is 0. The number of hydrogen-bond donors (Lipinski definition) is 1. The first-order valence-corrected chi connectivity index (χ1v) is 9.06. The number of pyridine rings is 1. The number of nitrogens with zero attached hydrogens (tertiary/aromatic N) is 5. The molecule has 1 fully saturated rings. The molecule has 0 spiro atoms. The highest BCUT2D eigenvalue weighted by Crippen LogP contribution is 2.38. The lowest BCUT2D eigenvalue weighted by molar-refractivity contribution is 0.223. The SMILES string of the molecule is Cc1cc(C)n(-c2ccc(-c3noc(C4CCCCC4(C)N)n3)cn2)n1.Cl. The predicted octanol–water partition coefficient (Wildman–Crippen LogP) is 3.73. The zero-order valence-electron chi connectivity index (χ0n) is 15.8. The molecule has 0 amide bonds. The van der Waals surface area contributed by atoms with Crippen molar-refractivity contribution in [2.45, 2.75) is 57.9 Å². The van der Waals surface area contributed by atoms with Crippen molar-refractivity contribution in [2.75, 3.05) is 0 Å². The molecule has 2 unspecified atom stereocenters. The fourth-order valence-corrected chi connectivity index (χ4v) is 3.76. The summed E-state index contributed by atoms with van der Waals surface area (Å²) < 4.78 is 7.37. The third kappa shape index (κ3) is 3.75. The van der Waals surface area contributed by atoms with Crippen LogP contribution in [0.1, 0.15) is 55.8 Å². The monoisotopic (exact) mass is 388 g/mol. The second-order valence-corrected chi connectivity index (χ2v) is 7.50. The summed E-state index contributed by atoms with van der Waals surface area (Å²) in [7, 11) is 0. The van der Waals surface area contributed by atoms with Gasteiger partial charge in [0.15, 0.2) is 5.82 Å². The van der Waals surface area contributed by atoms with Gasteiger partial charge < -0.3 is 10.3 Å². The normalized spacial score (nSPS) is 22.4. The topological polar surface area (TPSA) is 95.7 Å². The minimum absolute atomic E-state index is 0. The Balaban J connectivity index is 0.00000210. The van der Waals surface area contributed by atoms with Crippen LogP contribution in [0, 0.1) is 13.8 Å². The van der Waals surface area contributed by atoms with Crippen molar-refractivity contribution >= 4 is 12.4 Å². The second kappa shape index (κ2) is 7.40. The van der Waals surface area contributed by atoms with E-state index in [1.165, 1.54) is 0 Å². The molecule has 0 radical (unpaired) electrons. The molecule has 144 valence electrons. The lowest BCUT2D eigenvalue weighted by Gasteiger charge is -2.35. The van der Waals surface area contributed by atoms with E-state index in [-0.39, 0.29) is 23.9 Å². The Hall–Kier alpha value is -2.25. The van der Waals surface area contributed by atoms with Crippen LogP contribution in [0.4, 0.5) is 0 Å². The number of aryl methyl sites for hydroxylation is 2. The van der Waals surface area contributed by atoms with Crippen molar-refractivity contribution in [2.24, 2.45) is 5.73 Å². The fraction of sp³-hybridized carbons (Fsp3) is 0.474. The van der Waals surface area contributed by atoms with E-state index in [1.54, 1.807) is 6.20 Å². The van der Waals surface area contributed by atoms with E-state index in [9.17, 15) is 0 Å². The Bertz CT molecular complexity index is 915. The zero-order chi connectivity index (χ0) is 18.3. The Morgan fingerprint density at radius 2 is 2.07 bits per heavy atom. The average Bonchev–Trinajstić information content (AvgIpc) is 3.21. The Morgan fingerprint density at radius 1 is 1.26 bits per heavy atom. The highest BCUT2D eigenvalue weighted by molar-refractivity contribution is 5.85. The van der Waals surface area contributed by atoms with Crippen LogP contribution >= 0.6 is 12.4 Å². The van der Waals surface area contributed by atoms with Gasteiger partial charge in [-0.05, 0) is 51.8 Å². The van der Waals surface area contributed by atoms with E-state index in [2.05, 4.69) is 27.1 Å². The summed E-state index contributed by atoms with van der Waals surface area (Å²) in [4.78, 5) is 9.11. The van der Waals surface area contributed by atoms with Gasteiger partial charge in [0.2, 0.25) is 11.7 Å². The number of halogens is 1. The average molecular weight is 389 g/mol. The van der Waals surface area contributed by atoms with Gasteiger partial charge in [-0.15, -0.1) is 12.4 Å². The van der Waals surface area contributed by atoms with E-state index in [0.29, 0.717) is 11.7 Å². The third-order valence-corrected chi connectivity index (χ3v) is 5.23. The molecule has 3 aromatic rings. The van der Waals surface area contributed by atoms with Crippen molar-refractivity contribution in [3.05, 3.63) is 41.7 Å². The molecule has 2 N–H and O–H groups in total. The summed E-state index contributed by atoms with van der Waals surface area (Å²) in [5.41, 5.74) is 8.99. The van der Waals surface area contributed by atoms with Crippen molar-refractivity contribution in [1.29, 1.82) is 0 Å². The second-order valence-electron chi connectivity index (χ2n) is 7.50. The molecule has 0 aliphatic heterocycles. The molecule has 8 heteroatoms. The molecule has 27 heavy (non-hydrogen) atoms. The van der Waals surface area contributed by atoms with Gasteiger partial charge in [0, 0.05) is 23.0 Å². The van der Waals surface area contributed by atoms with Crippen LogP contribution in [0.2, 0.25) is 0 Å². The van der Waals surface area contributed by atoms with E-state index in [4.69, 9.17) is 10.3 Å². The van der Waals surface area contributed by atoms with Gasteiger partial charge in [0.25, 0.3) is 0 Å². The minimum atomic E-state index is -0.292. The highest BCUT2D eigenvalue weighted by atomic mass is 35.5. The summed E-state index contributed by atoms with van der Waals surface area (Å²) in [5.74, 6) is 2.06. The van der Waals surface area contributed by atoms with Gasteiger partial charge in [-0.3, -0.25) is 0 Å². The van der Waals surface area contributed by atoms with Gasteiger partial charge in [-0.25, -0.2) is 9.67 Å². The van der Waals surface area contributed by atoms with Gasteiger partial charge in [0.1, 0.15) is 0 Å². The maximum Gasteiger partial charge on any atom is 0.231 e. The highest BCUT2D eigenvalue weighted by Gasteiger charge is 2.37. The quantitative estimate of drug-likeness (QED) is 0.734. The summed E-state index contributed by atoms with van der Waals surface area (Å²) in [6.45, 7) is 6.05. The van der Waals surface area contributed by atoms with Gasteiger partial charge in [-0.1, -0.05) is 18.0 Å². The predicted molar refractivity (Wildman–Crippen MR) is 105 cm³/mol. The van der Waals surface area contributed by atoms with Crippen LogP contribution < -0.4 is 5.73 Å². The van der Waals surface area contributed by atoms with Crippen LogP contribution in [0.3, 0.4) is 0 Å². The van der Waals surface area contributed by atoms with Gasteiger partial charge in [0.05, 0.1) is 11.6 Å². The first kappa shape index (κ1) is 19.5. The molecule has 0 saturated heterocycles. The minimum Gasteiger partial charge on any atom is -0.339 e. The van der Waals surface area contributed by atoms with Crippen molar-refractivity contribution in [3.8, 4) is 17.2 Å². The van der Waals surface area contributed by atoms with Gasteiger partial charge >= 0.3 is 0 Å². The zero-order valence-corrected chi connectivity index (χ0v) is 16.7. The fourth-order valence-electron chi connectivity index (χ4n) is 3.76. The molecule has 1 aliphatic rings. The van der Waals surface area contributed by atoms with Crippen molar-refractivity contribution in [3.63, 3.8) is 0 Å². The number of rotatable bonds is 3. The lowest BCUT2D eigenvalue weighted by Crippen LogP contribution is -2.44. The maximum atomic E-state index is 6.45. The number of nitrogens with two attached hydrogens (primary N) is 1. The Kier molecular flexibility index (Phi) is 5.35. The Morgan fingerprint density at radius 3 is 2.70 bits per heavy atom. The largest absolute Gasteiger partial charge is 0.339 e. The summed E-state index contributed by atoms with van der Waals surface area (Å²) in [6, 6.07) is 5.88. The summed E-state index contributed by atoms with van der Waals surface area (Å²) in [6.07, 6.45) is 6.03. The summed E-state index contributed by atoms with van der Waals surface area (Å²) in [5, 5.41) is 8.60. The third-order valence-electron chi connectivity index (χ3n) is 5.23. The van der Waals surface area contributed by atoms with E-state index >= 15 is 0 Å². The molecule has 0 bridgehead atoms. The van der Waals surface area contributed by atoms with Crippen LogP contribution in [0.5, 0.6) is 0 Å². The molecular weight excluding hydrogens is 364 g/mol. The molecule has 1 aliphatic carbocycles. The van der Waals surface area contributed by atoms with Gasteiger partial charge in [-0.2, -0.15) is 10.1 Å². The van der Waals surface area contributed by atoms with Crippen LogP contribution in [-0.4, -0.2) is 30.4 Å². The first-order chi connectivity index (χ1) is 12.4. The first-order valence-electron chi connectivity index (χ1n) is 9.06. The molecule has 3 aromatic heterocycles. The smallest absolute Gasteiger partial charge is 0.231 e. The Labute approximate surface area is 164 Å². The van der Waals surface area contributed by atoms with Crippen LogP contribution in [0.25, 0.3) is 17.2 Å². The van der Waals surface area contributed by atoms with E-state index in [1.807, 2.05) is 36.7 Å². The van der Waals surface area contributed by atoms with Crippen LogP contribution in [-0.2, 0) is 0 Å².